The number of hydrogen-bond donors (Lipinski definition) is 0. The molecule has 0 spiro atoms. The van der Waals surface area contributed by atoms with Crippen molar-refractivity contribution in [2.75, 3.05) is 0 Å². The molecule has 3 rings (SSSR count). The molecule has 0 heterocycles. The molecule has 218 valence electrons. The molecule has 1 fully saturated rings. The van der Waals surface area contributed by atoms with Crippen LogP contribution in [0.1, 0.15) is 91.2 Å². The third kappa shape index (κ3) is 11.3. The van der Waals surface area contributed by atoms with Gasteiger partial charge in [0.25, 0.3) is 0 Å². The summed E-state index contributed by atoms with van der Waals surface area (Å²) >= 11 is 0. The van der Waals surface area contributed by atoms with Crippen molar-refractivity contribution in [2.24, 2.45) is 16.2 Å². The Morgan fingerprint density at radius 1 is 0.707 bits per heavy atom. The van der Waals surface area contributed by atoms with E-state index in [0.29, 0.717) is 17.9 Å². The number of benzene rings is 2. The molecule has 0 atom stereocenters. The van der Waals surface area contributed by atoms with Gasteiger partial charge in [-0.1, -0.05) is 78.0 Å². The first kappa shape index (κ1) is 31.7. The number of hydrogen-bond acceptors (Lipinski definition) is 6. The van der Waals surface area contributed by atoms with Crippen molar-refractivity contribution in [2.45, 2.75) is 80.1 Å². The zero-order valence-corrected chi connectivity index (χ0v) is 25.1. The molecule has 0 aromatic heterocycles. The van der Waals surface area contributed by atoms with Crippen LogP contribution in [-0.2, 0) is 19.2 Å². The van der Waals surface area contributed by atoms with Crippen LogP contribution in [0.25, 0.3) is 12.2 Å². The van der Waals surface area contributed by atoms with E-state index in [1.807, 2.05) is 20.8 Å². The van der Waals surface area contributed by atoms with E-state index in [9.17, 15) is 19.2 Å². The fraction of sp³-hybridized carbons (Fsp3) is 0.429. The maximum absolute atomic E-state index is 12.7. The molecule has 0 aliphatic heterocycles. The lowest BCUT2D eigenvalue weighted by Gasteiger charge is -2.21. The summed E-state index contributed by atoms with van der Waals surface area (Å²) in [5.74, 6) is -0.166. The number of ketones is 2. The van der Waals surface area contributed by atoms with Crippen LogP contribution in [0.4, 0.5) is 0 Å². The Hall–Kier alpha value is -3.80. The molecule has 0 radical (unpaired) electrons. The molecule has 0 amide bonds. The summed E-state index contributed by atoms with van der Waals surface area (Å²) in [7, 11) is 0. The highest BCUT2D eigenvalue weighted by atomic mass is 16.5. The Kier molecular flexibility index (Phi) is 10.2. The second-order valence-electron chi connectivity index (χ2n) is 13.4. The summed E-state index contributed by atoms with van der Waals surface area (Å²) < 4.78 is 11.0. The van der Waals surface area contributed by atoms with Crippen LogP contribution in [0.15, 0.2) is 60.7 Å². The quantitative estimate of drug-likeness (QED) is 0.114. The lowest BCUT2D eigenvalue weighted by Crippen LogP contribution is -2.23. The Morgan fingerprint density at radius 2 is 1.17 bits per heavy atom. The van der Waals surface area contributed by atoms with Crippen molar-refractivity contribution < 1.29 is 28.7 Å². The molecular weight excluding hydrogens is 516 g/mol. The topological polar surface area (TPSA) is 86.7 Å². The number of carbonyl (C=O) groups excluding carboxylic acids is 4. The second-order valence-corrected chi connectivity index (χ2v) is 13.4. The normalized spacial score (nSPS) is 14.7. The van der Waals surface area contributed by atoms with Crippen LogP contribution in [0.5, 0.6) is 11.5 Å². The first-order valence-electron chi connectivity index (χ1n) is 14.2. The lowest BCUT2D eigenvalue weighted by molar-refractivity contribution is -0.141. The van der Waals surface area contributed by atoms with E-state index in [2.05, 4.69) is 20.8 Å². The highest BCUT2D eigenvalue weighted by molar-refractivity contribution is 6.10. The number of rotatable bonds is 12. The van der Waals surface area contributed by atoms with Crippen molar-refractivity contribution in [3.8, 4) is 11.5 Å². The average Bonchev–Trinajstić information content (AvgIpc) is 3.67. The summed E-state index contributed by atoms with van der Waals surface area (Å²) in [4.78, 5) is 49.2. The van der Waals surface area contributed by atoms with Gasteiger partial charge in [0, 0.05) is 0 Å². The Bertz CT molecular complexity index is 1290. The Labute approximate surface area is 243 Å². The van der Waals surface area contributed by atoms with Crippen molar-refractivity contribution in [3.05, 3.63) is 71.8 Å². The third-order valence-electron chi connectivity index (χ3n) is 6.79. The zero-order valence-electron chi connectivity index (χ0n) is 25.1. The number of ether oxygens (including phenoxy) is 2. The molecule has 2 aromatic carbocycles. The molecule has 6 nitrogen and oxygen atoms in total. The van der Waals surface area contributed by atoms with Gasteiger partial charge in [-0.25, -0.2) is 0 Å². The van der Waals surface area contributed by atoms with Crippen LogP contribution < -0.4 is 9.47 Å². The first-order chi connectivity index (χ1) is 19.1. The van der Waals surface area contributed by atoms with Gasteiger partial charge < -0.3 is 9.47 Å². The molecule has 1 saturated carbocycles. The fourth-order valence-corrected chi connectivity index (χ4v) is 4.10. The largest absolute Gasteiger partial charge is 0.427 e. The van der Waals surface area contributed by atoms with E-state index in [0.717, 1.165) is 36.8 Å². The van der Waals surface area contributed by atoms with Gasteiger partial charge in [0.05, 0.1) is 18.3 Å². The van der Waals surface area contributed by atoms with E-state index in [1.54, 1.807) is 60.7 Å². The van der Waals surface area contributed by atoms with Gasteiger partial charge in [-0.05, 0) is 84.1 Å². The summed E-state index contributed by atoms with van der Waals surface area (Å²) in [5, 5.41) is 0. The molecule has 0 bridgehead atoms. The second kappa shape index (κ2) is 13.2. The van der Waals surface area contributed by atoms with Crippen LogP contribution in [0, 0.1) is 16.2 Å². The molecule has 1 aliphatic carbocycles. The summed E-state index contributed by atoms with van der Waals surface area (Å²) in [6.45, 7) is 12.4. The molecule has 0 saturated heterocycles. The fourth-order valence-electron chi connectivity index (χ4n) is 4.10. The van der Waals surface area contributed by atoms with Gasteiger partial charge in [-0.15, -0.1) is 0 Å². The van der Waals surface area contributed by atoms with Gasteiger partial charge in [-0.3, -0.25) is 19.2 Å². The van der Waals surface area contributed by atoms with Crippen molar-refractivity contribution in [1.29, 1.82) is 0 Å². The Balaban J connectivity index is 1.44. The molecular formula is C35H42O6. The van der Waals surface area contributed by atoms with Crippen molar-refractivity contribution >= 4 is 35.7 Å². The van der Waals surface area contributed by atoms with Crippen LogP contribution >= 0.6 is 0 Å². The van der Waals surface area contributed by atoms with E-state index in [-0.39, 0.29) is 46.2 Å². The lowest BCUT2D eigenvalue weighted by atomic mass is 9.85. The molecule has 6 heteroatoms. The minimum absolute atomic E-state index is 0.154. The monoisotopic (exact) mass is 558 g/mol. The molecule has 1 aliphatic rings. The summed E-state index contributed by atoms with van der Waals surface area (Å²) in [6.07, 6.45) is 9.62. The van der Waals surface area contributed by atoms with E-state index < -0.39 is 0 Å². The van der Waals surface area contributed by atoms with E-state index >= 15 is 0 Å². The molecule has 41 heavy (non-hydrogen) atoms. The van der Waals surface area contributed by atoms with Gasteiger partial charge in [0.15, 0.2) is 11.6 Å². The average molecular weight is 559 g/mol. The van der Waals surface area contributed by atoms with Gasteiger partial charge in [0.2, 0.25) is 0 Å². The third-order valence-corrected chi connectivity index (χ3v) is 6.79. The van der Waals surface area contributed by atoms with Crippen LogP contribution in [0.3, 0.4) is 0 Å². The SMILES string of the molecule is CC(C)(C)CCC1(C(=O)Oc2ccc(C=CC(=O)CC(=O)C=Cc3ccc(OC(=O)CC(C)(C)C)cc3)cc2)CC1. The van der Waals surface area contributed by atoms with Gasteiger partial charge >= 0.3 is 11.9 Å². The predicted molar refractivity (Wildman–Crippen MR) is 161 cm³/mol. The van der Waals surface area contributed by atoms with E-state index in [1.165, 1.54) is 12.2 Å². The number of allylic oxidation sites excluding steroid dienone is 2. The maximum atomic E-state index is 12.7. The van der Waals surface area contributed by atoms with E-state index in [4.69, 9.17) is 9.47 Å². The molecule has 0 unspecified atom stereocenters. The molecule has 2 aromatic rings. The molecule has 0 N–H and O–H groups in total. The van der Waals surface area contributed by atoms with Crippen molar-refractivity contribution in [1.82, 2.24) is 0 Å². The van der Waals surface area contributed by atoms with Gasteiger partial charge in [0.1, 0.15) is 11.5 Å². The van der Waals surface area contributed by atoms with Crippen molar-refractivity contribution in [3.63, 3.8) is 0 Å². The first-order valence-corrected chi connectivity index (χ1v) is 14.2. The summed E-state index contributed by atoms with van der Waals surface area (Å²) in [6, 6.07) is 13.8. The smallest absolute Gasteiger partial charge is 0.317 e. The zero-order chi connectivity index (χ0) is 30.3. The standard InChI is InChI=1S/C35H42O6/c1-33(2,3)19-20-35(21-22-35)32(39)41-30-17-11-26(12-18-30)8-14-28(37)23-27(36)13-7-25-9-15-29(16-10-25)40-31(38)24-34(4,5)6/h7-18H,19-24H2,1-6H3. The van der Waals surface area contributed by atoms with Crippen LogP contribution in [-0.4, -0.2) is 23.5 Å². The minimum Gasteiger partial charge on any atom is -0.427 e. The highest BCUT2D eigenvalue weighted by Crippen LogP contribution is 2.52. The number of carbonyl (C=O) groups is 4. The number of esters is 2. The van der Waals surface area contributed by atoms with Crippen LogP contribution in [0.2, 0.25) is 0 Å². The predicted octanol–water partition coefficient (Wildman–Crippen LogP) is 7.80. The van der Waals surface area contributed by atoms with Gasteiger partial charge in [-0.2, -0.15) is 0 Å². The highest BCUT2D eigenvalue weighted by Gasteiger charge is 2.51. The summed E-state index contributed by atoms with van der Waals surface area (Å²) in [5.41, 5.74) is 1.19. The maximum Gasteiger partial charge on any atom is 0.317 e. The Morgan fingerprint density at radius 3 is 1.59 bits per heavy atom. The minimum atomic E-state index is -0.344.